The van der Waals surface area contributed by atoms with Crippen LogP contribution in [0.1, 0.15) is 34.1 Å². The van der Waals surface area contributed by atoms with Crippen LogP contribution < -0.4 is 22.3 Å². The molecule has 0 saturated heterocycles. The number of nitrogens with zero attached hydrogens (tertiary/aromatic N) is 5. The molecule has 1 aliphatic rings. The Hall–Kier alpha value is -6.56. The lowest BCUT2D eigenvalue weighted by molar-refractivity contribution is 0.100. The molecule has 5 aromatic rings. The second kappa shape index (κ2) is 11.6. The van der Waals surface area contributed by atoms with Crippen LogP contribution in [-0.4, -0.2) is 62.1 Å². The molecule has 10 N–H and O–H groups in total. The van der Waals surface area contributed by atoms with Gasteiger partial charge in [0.05, 0.1) is 17.1 Å². The van der Waals surface area contributed by atoms with E-state index in [2.05, 4.69) is 27.4 Å². The number of hydrogen-bond donors (Lipinski definition) is 8. The van der Waals surface area contributed by atoms with Crippen LogP contribution in [0.2, 0.25) is 0 Å². The summed E-state index contributed by atoms with van der Waals surface area (Å²) < 4.78 is 4.09. The molecule has 0 atom stereocenters. The van der Waals surface area contributed by atoms with Gasteiger partial charge in [-0.3, -0.25) is 18.8 Å². The maximum atomic E-state index is 13.6. The number of nitrogen functional groups attached to an aromatic ring is 1. The van der Waals surface area contributed by atoms with E-state index in [0.717, 1.165) is 4.57 Å². The molecule has 230 valence electrons. The number of phenols is 5. The molecule has 0 radical (unpaired) electrons. The summed E-state index contributed by atoms with van der Waals surface area (Å²) in [4.78, 5) is 24.6. The maximum absolute atomic E-state index is 13.6. The third-order valence-electron chi connectivity index (χ3n) is 6.92. The SMILES string of the molecule is CCc1cc2cccc(C#Cc3cnn(C)c3)c2c(=O)n1-c1c(O)c(O)c(O)c(O)c1O.NC(=O)c1c(N)nn2c1NCC=C2. The summed E-state index contributed by atoms with van der Waals surface area (Å²) >= 11 is 0. The van der Waals surface area contributed by atoms with Gasteiger partial charge in [0.2, 0.25) is 17.2 Å². The molecule has 3 aromatic heterocycles. The van der Waals surface area contributed by atoms with Crippen LogP contribution in [0.3, 0.4) is 0 Å². The summed E-state index contributed by atoms with van der Waals surface area (Å²) in [6.45, 7) is 2.41. The Kier molecular flexibility index (Phi) is 7.72. The number of pyridine rings is 1. The first-order chi connectivity index (χ1) is 21.4. The van der Waals surface area contributed by atoms with Crippen LogP contribution in [0.4, 0.5) is 11.6 Å². The van der Waals surface area contributed by atoms with Gasteiger partial charge in [-0.05, 0) is 30.0 Å². The monoisotopic (exact) mass is 612 g/mol. The highest BCUT2D eigenvalue weighted by molar-refractivity contribution is 6.02. The van der Waals surface area contributed by atoms with Gasteiger partial charge in [-0.1, -0.05) is 30.9 Å². The van der Waals surface area contributed by atoms with E-state index in [9.17, 15) is 35.1 Å². The van der Waals surface area contributed by atoms with Crippen LogP contribution in [0.5, 0.6) is 28.7 Å². The molecule has 45 heavy (non-hydrogen) atoms. The van der Waals surface area contributed by atoms with Crippen molar-refractivity contribution in [2.24, 2.45) is 12.8 Å². The first-order valence-corrected chi connectivity index (χ1v) is 13.4. The summed E-state index contributed by atoms with van der Waals surface area (Å²) in [5, 5.41) is 62.2. The fourth-order valence-corrected chi connectivity index (χ4v) is 4.82. The van der Waals surface area contributed by atoms with Crippen molar-refractivity contribution in [2.45, 2.75) is 13.3 Å². The van der Waals surface area contributed by atoms with Gasteiger partial charge in [0.15, 0.2) is 17.3 Å². The number of carbonyl (C=O) groups is 1. The van der Waals surface area contributed by atoms with Crippen molar-refractivity contribution in [1.29, 1.82) is 0 Å². The van der Waals surface area contributed by atoms with Gasteiger partial charge in [-0.2, -0.15) is 5.10 Å². The molecule has 0 aliphatic carbocycles. The molecule has 0 bridgehead atoms. The van der Waals surface area contributed by atoms with Crippen molar-refractivity contribution < 1.29 is 30.3 Å². The Balaban J connectivity index is 0.000000256. The van der Waals surface area contributed by atoms with Crippen molar-refractivity contribution in [3.8, 4) is 46.3 Å². The summed E-state index contributed by atoms with van der Waals surface area (Å²) in [7, 11) is 1.76. The van der Waals surface area contributed by atoms with Crippen molar-refractivity contribution in [2.75, 3.05) is 17.6 Å². The topological polar surface area (TPSA) is 240 Å². The van der Waals surface area contributed by atoms with E-state index in [4.69, 9.17) is 11.5 Å². The highest BCUT2D eigenvalue weighted by Crippen LogP contribution is 2.52. The Bertz CT molecular complexity index is 2120. The van der Waals surface area contributed by atoms with Gasteiger partial charge >= 0.3 is 0 Å². The Labute approximate surface area is 254 Å². The van der Waals surface area contributed by atoms with Crippen molar-refractivity contribution >= 4 is 34.5 Å². The van der Waals surface area contributed by atoms with Gasteiger partial charge in [-0.15, -0.1) is 5.10 Å². The van der Waals surface area contributed by atoms with E-state index in [0.29, 0.717) is 41.0 Å². The second-order valence-corrected chi connectivity index (χ2v) is 9.83. The molecule has 0 saturated carbocycles. The minimum Gasteiger partial charge on any atom is -0.503 e. The molecule has 6 rings (SSSR count). The molecule has 1 aliphatic heterocycles. The molecule has 0 fully saturated rings. The third-order valence-corrected chi connectivity index (χ3v) is 6.92. The number of phenolic OH excluding ortho intramolecular Hbond substituents is 5. The number of aryl methyl sites for hydroxylation is 2. The number of aromatic hydroxyl groups is 5. The minimum absolute atomic E-state index is 0.154. The molecule has 4 heterocycles. The zero-order chi connectivity index (χ0) is 32.6. The van der Waals surface area contributed by atoms with Crippen LogP contribution >= 0.6 is 0 Å². The van der Waals surface area contributed by atoms with Crippen molar-refractivity contribution in [3.05, 3.63) is 75.5 Å². The lowest BCUT2D eigenvalue weighted by Crippen LogP contribution is -2.23. The van der Waals surface area contributed by atoms with Gasteiger partial charge in [0.25, 0.3) is 11.5 Å². The third kappa shape index (κ3) is 5.27. The number of anilines is 2. The molecular weight excluding hydrogens is 584 g/mol. The van der Waals surface area contributed by atoms with Gasteiger partial charge in [0, 0.05) is 37.2 Å². The summed E-state index contributed by atoms with van der Waals surface area (Å²) in [5.41, 5.74) is 11.2. The number of amides is 1. The molecule has 1 amide bonds. The van der Waals surface area contributed by atoms with Crippen molar-refractivity contribution in [1.82, 2.24) is 24.1 Å². The Morgan fingerprint density at radius 3 is 2.38 bits per heavy atom. The number of carbonyl (C=O) groups excluding carboxylic acids is 1. The lowest BCUT2D eigenvalue weighted by atomic mass is 10.0. The summed E-state index contributed by atoms with van der Waals surface area (Å²) in [5.74, 6) is 0.925. The lowest BCUT2D eigenvalue weighted by Gasteiger charge is -2.18. The predicted molar refractivity (Wildman–Crippen MR) is 165 cm³/mol. The van der Waals surface area contributed by atoms with Crippen LogP contribution in [0, 0.1) is 11.8 Å². The standard InChI is InChI=1S/C23H19N3O6.C7H9N5O/c1-3-15-9-14-6-4-5-13(8-7-12-10-24-25(2)11-12)16(14)23(32)26(15)17-18(27)20(29)22(31)21(30)19(17)28;8-5-4(6(9)13)7-10-2-1-3-12(7)11-5/h4-6,9-11,27-31H,3H2,1-2H3;1,3,10H,2H2,(H2,8,11)(H2,9,13). The van der Waals surface area contributed by atoms with Crippen LogP contribution in [0.15, 0.2) is 47.5 Å². The van der Waals surface area contributed by atoms with Gasteiger partial charge < -0.3 is 42.3 Å². The molecule has 0 unspecified atom stereocenters. The number of rotatable bonds is 3. The van der Waals surface area contributed by atoms with Gasteiger partial charge in [-0.25, -0.2) is 4.68 Å². The van der Waals surface area contributed by atoms with Crippen LogP contribution in [-0.2, 0) is 13.5 Å². The zero-order valence-corrected chi connectivity index (χ0v) is 24.0. The van der Waals surface area contributed by atoms with Crippen LogP contribution in [0.25, 0.3) is 22.7 Å². The van der Waals surface area contributed by atoms with Crippen molar-refractivity contribution in [3.63, 3.8) is 0 Å². The Morgan fingerprint density at radius 2 is 1.76 bits per heavy atom. The number of hydrogen-bond acceptors (Lipinski definition) is 11. The number of benzene rings is 2. The molecular formula is C30H28N8O7. The molecule has 0 spiro atoms. The van der Waals surface area contributed by atoms with E-state index < -0.39 is 45.9 Å². The molecule has 15 heteroatoms. The fraction of sp³-hybridized carbons (Fsp3) is 0.133. The number of nitrogens with one attached hydrogen (secondary N) is 1. The van der Waals surface area contributed by atoms with E-state index in [-0.39, 0.29) is 16.8 Å². The zero-order valence-electron chi connectivity index (χ0n) is 24.0. The fourth-order valence-electron chi connectivity index (χ4n) is 4.82. The predicted octanol–water partition coefficient (Wildman–Crippen LogP) is 1.67. The summed E-state index contributed by atoms with van der Waals surface area (Å²) in [6.07, 6.45) is 7.23. The highest BCUT2D eigenvalue weighted by Gasteiger charge is 2.27. The number of fused-ring (bicyclic) bond motifs is 2. The minimum atomic E-state index is -1.10. The average Bonchev–Trinajstić information content (AvgIpc) is 3.60. The molecule has 15 nitrogen and oxygen atoms in total. The second-order valence-electron chi connectivity index (χ2n) is 9.83. The highest BCUT2D eigenvalue weighted by atomic mass is 16.4. The smallest absolute Gasteiger partial charge is 0.264 e. The number of nitrogens with two attached hydrogens (primary N) is 2. The number of aromatic nitrogens is 5. The van der Waals surface area contributed by atoms with Gasteiger partial charge in [0.1, 0.15) is 17.1 Å². The van der Waals surface area contributed by atoms with E-state index >= 15 is 0 Å². The molecule has 2 aromatic carbocycles. The average molecular weight is 613 g/mol. The largest absolute Gasteiger partial charge is 0.503 e. The first-order valence-electron chi connectivity index (χ1n) is 13.4. The summed E-state index contributed by atoms with van der Waals surface area (Å²) in [6, 6.07) is 6.84. The Morgan fingerprint density at radius 1 is 1.07 bits per heavy atom. The number of primary amides is 1. The van der Waals surface area contributed by atoms with E-state index in [1.54, 1.807) is 61.5 Å². The van der Waals surface area contributed by atoms with E-state index in [1.807, 2.05) is 6.08 Å². The quantitative estimate of drug-likeness (QED) is 0.0828. The van der Waals surface area contributed by atoms with E-state index in [1.165, 1.54) is 4.68 Å². The normalized spacial score (nSPS) is 11.6. The maximum Gasteiger partial charge on any atom is 0.264 e. The first kappa shape index (κ1) is 29.9.